The Morgan fingerprint density at radius 2 is 2.04 bits per heavy atom. The van der Waals surface area contributed by atoms with E-state index in [0.717, 1.165) is 44.8 Å². The quantitative estimate of drug-likeness (QED) is 0.707. The van der Waals surface area contributed by atoms with Crippen molar-refractivity contribution >= 4 is 29.3 Å². The minimum atomic E-state index is -0.195. The molecule has 5 nitrogen and oxygen atoms in total. The van der Waals surface area contributed by atoms with Crippen molar-refractivity contribution in [3.05, 3.63) is 51.2 Å². The van der Waals surface area contributed by atoms with Crippen LogP contribution in [0.4, 0.5) is 10.5 Å². The number of amides is 1. The van der Waals surface area contributed by atoms with Crippen molar-refractivity contribution in [2.24, 2.45) is 4.99 Å². The maximum Gasteiger partial charge on any atom is 0.409 e. The van der Waals surface area contributed by atoms with Crippen LogP contribution >= 0.6 is 11.3 Å². The molecule has 3 heterocycles. The van der Waals surface area contributed by atoms with Crippen LogP contribution in [0.5, 0.6) is 0 Å². The molecule has 4 rings (SSSR count). The van der Waals surface area contributed by atoms with Crippen LogP contribution in [0.3, 0.4) is 0 Å². The molecule has 1 fully saturated rings. The summed E-state index contributed by atoms with van der Waals surface area (Å²) in [5.41, 5.74) is 5.00. The molecule has 0 bridgehead atoms. The average molecular weight is 369 g/mol. The van der Waals surface area contributed by atoms with E-state index in [0.29, 0.717) is 6.61 Å². The molecular formula is C20H23N3O2S. The number of piperazine rings is 1. The third kappa shape index (κ3) is 3.66. The van der Waals surface area contributed by atoms with Gasteiger partial charge in [-0.05, 0) is 41.1 Å². The molecule has 0 spiro atoms. The van der Waals surface area contributed by atoms with E-state index in [2.05, 4.69) is 34.5 Å². The van der Waals surface area contributed by atoms with Gasteiger partial charge < -0.3 is 9.64 Å². The zero-order valence-electron chi connectivity index (χ0n) is 15.0. The molecule has 2 aliphatic rings. The van der Waals surface area contributed by atoms with E-state index in [1.165, 1.54) is 21.6 Å². The van der Waals surface area contributed by atoms with E-state index < -0.39 is 0 Å². The van der Waals surface area contributed by atoms with Crippen LogP contribution in [-0.2, 0) is 17.7 Å². The molecule has 0 saturated carbocycles. The monoisotopic (exact) mass is 369 g/mol. The van der Waals surface area contributed by atoms with Crippen LogP contribution in [0.25, 0.3) is 0 Å². The lowest BCUT2D eigenvalue weighted by Crippen LogP contribution is -2.48. The number of carbonyl (C=O) groups excluding carboxylic acids is 1. The summed E-state index contributed by atoms with van der Waals surface area (Å²) >= 11 is 1.75. The molecule has 136 valence electrons. The fourth-order valence-electron chi connectivity index (χ4n) is 3.48. The van der Waals surface area contributed by atoms with Crippen molar-refractivity contribution in [3.8, 4) is 0 Å². The predicted molar refractivity (Wildman–Crippen MR) is 105 cm³/mol. The van der Waals surface area contributed by atoms with Gasteiger partial charge in [0.15, 0.2) is 0 Å². The second-order valence-electron chi connectivity index (χ2n) is 6.67. The number of nitrogens with zero attached hydrogens (tertiary/aromatic N) is 3. The zero-order chi connectivity index (χ0) is 17.9. The van der Waals surface area contributed by atoms with Crippen molar-refractivity contribution in [2.75, 3.05) is 32.8 Å². The number of rotatable bonds is 3. The molecule has 0 radical (unpaired) electrons. The molecular weight excluding hydrogens is 346 g/mol. The maximum atomic E-state index is 11.8. The van der Waals surface area contributed by atoms with Crippen LogP contribution < -0.4 is 0 Å². The highest BCUT2D eigenvalue weighted by Gasteiger charge is 2.22. The lowest BCUT2D eigenvalue weighted by atomic mass is 10.0. The van der Waals surface area contributed by atoms with Gasteiger partial charge in [0.1, 0.15) is 0 Å². The second kappa shape index (κ2) is 7.60. The Balaban J connectivity index is 1.39. The number of fused-ring (bicyclic) bond motifs is 2. The van der Waals surface area contributed by atoms with Crippen molar-refractivity contribution in [2.45, 2.75) is 19.9 Å². The summed E-state index contributed by atoms with van der Waals surface area (Å²) in [6, 6.07) is 8.82. The summed E-state index contributed by atoms with van der Waals surface area (Å²) in [6.45, 7) is 6.35. The van der Waals surface area contributed by atoms with Crippen molar-refractivity contribution in [3.63, 3.8) is 0 Å². The van der Waals surface area contributed by atoms with Crippen LogP contribution in [0.2, 0.25) is 0 Å². The molecule has 1 amide bonds. The largest absolute Gasteiger partial charge is 0.450 e. The molecule has 2 aliphatic heterocycles. The molecule has 6 heteroatoms. The molecule has 1 aromatic carbocycles. The molecule has 2 aromatic rings. The van der Waals surface area contributed by atoms with Crippen molar-refractivity contribution in [1.82, 2.24) is 9.80 Å². The summed E-state index contributed by atoms with van der Waals surface area (Å²) in [6.07, 6.45) is 2.75. The third-order valence-electron chi connectivity index (χ3n) is 4.94. The molecule has 26 heavy (non-hydrogen) atoms. The SMILES string of the molecule is CCOC(=O)N1CCN(Cc2ccc3c(c2)N=Cc2sccc2C3)CC1. The lowest BCUT2D eigenvalue weighted by Gasteiger charge is -2.34. The van der Waals surface area contributed by atoms with Gasteiger partial charge in [-0.3, -0.25) is 9.89 Å². The van der Waals surface area contributed by atoms with Gasteiger partial charge in [-0.25, -0.2) is 4.79 Å². The van der Waals surface area contributed by atoms with E-state index in [1.54, 1.807) is 16.2 Å². The van der Waals surface area contributed by atoms with Crippen LogP contribution in [0, 0.1) is 0 Å². The number of ether oxygens (including phenoxy) is 1. The highest BCUT2D eigenvalue weighted by molar-refractivity contribution is 7.11. The van der Waals surface area contributed by atoms with Crippen molar-refractivity contribution < 1.29 is 9.53 Å². The number of carbonyl (C=O) groups is 1. The number of aliphatic imine (C=N–C) groups is 1. The third-order valence-corrected chi connectivity index (χ3v) is 5.83. The van der Waals surface area contributed by atoms with Gasteiger partial charge in [-0.15, -0.1) is 11.3 Å². The Bertz CT molecular complexity index is 822. The standard InChI is InChI=1S/C20H23N3O2S/c1-2-25-20(24)23-8-6-22(7-9-23)14-15-3-4-16-12-17-5-10-26-19(17)13-21-18(16)11-15/h3-5,10-11,13H,2,6-9,12,14H2,1H3. The predicted octanol–water partition coefficient (Wildman–Crippen LogP) is 3.68. The van der Waals surface area contributed by atoms with Crippen LogP contribution in [0.15, 0.2) is 34.6 Å². The Labute approximate surface area is 157 Å². The average Bonchev–Trinajstić information content (AvgIpc) is 3.02. The molecule has 0 atom stereocenters. The normalized spacial score (nSPS) is 16.7. The van der Waals surface area contributed by atoms with Crippen LogP contribution in [-0.4, -0.2) is 54.9 Å². The van der Waals surface area contributed by atoms with Gasteiger partial charge >= 0.3 is 6.09 Å². The Hall–Kier alpha value is -2.18. The van der Waals surface area contributed by atoms with Crippen LogP contribution in [0.1, 0.15) is 28.5 Å². The van der Waals surface area contributed by atoms with Gasteiger partial charge in [0, 0.05) is 50.2 Å². The summed E-state index contributed by atoms with van der Waals surface area (Å²) < 4.78 is 5.08. The summed E-state index contributed by atoms with van der Waals surface area (Å²) in [4.78, 5) is 21.9. The minimum absolute atomic E-state index is 0.195. The first kappa shape index (κ1) is 17.2. The zero-order valence-corrected chi connectivity index (χ0v) is 15.8. The molecule has 0 unspecified atom stereocenters. The van der Waals surface area contributed by atoms with Gasteiger partial charge in [0.05, 0.1) is 12.3 Å². The van der Waals surface area contributed by atoms with E-state index >= 15 is 0 Å². The molecule has 0 N–H and O–H groups in total. The Kier molecular flexibility index (Phi) is 5.04. The summed E-state index contributed by atoms with van der Waals surface area (Å²) in [5, 5.41) is 2.13. The van der Waals surface area contributed by atoms with Crippen molar-refractivity contribution in [1.29, 1.82) is 0 Å². The fourth-order valence-corrected chi connectivity index (χ4v) is 4.26. The van der Waals surface area contributed by atoms with Gasteiger partial charge in [-0.2, -0.15) is 0 Å². The lowest BCUT2D eigenvalue weighted by molar-refractivity contribution is 0.0778. The number of benzene rings is 1. The first-order valence-corrected chi connectivity index (χ1v) is 9.97. The van der Waals surface area contributed by atoms with E-state index in [4.69, 9.17) is 9.73 Å². The highest BCUT2D eigenvalue weighted by Crippen LogP contribution is 2.30. The van der Waals surface area contributed by atoms with Gasteiger partial charge in [-0.1, -0.05) is 12.1 Å². The van der Waals surface area contributed by atoms with E-state index in [9.17, 15) is 4.79 Å². The van der Waals surface area contributed by atoms with E-state index in [-0.39, 0.29) is 6.09 Å². The number of hydrogen-bond acceptors (Lipinski definition) is 5. The molecule has 1 aromatic heterocycles. The van der Waals surface area contributed by atoms with Gasteiger partial charge in [0.2, 0.25) is 0 Å². The first-order valence-electron chi connectivity index (χ1n) is 9.09. The fraction of sp³-hybridized carbons (Fsp3) is 0.400. The highest BCUT2D eigenvalue weighted by atomic mass is 32.1. The Morgan fingerprint density at radius 1 is 1.19 bits per heavy atom. The second-order valence-corrected chi connectivity index (χ2v) is 7.62. The smallest absolute Gasteiger partial charge is 0.409 e. The number of thiophene rings is 1. The summed E-state index contributed by atoms with van der Waals surface area (Å²) in [5.74, 6) is 0. The molecule has 1 saturated heterocycles. The minimum Gasteiger partial charge on any atom is -0.450 e. The first-order chi connectivity index (χ1) is 12.7. The van der Waals surface area contributed by atoms with E-state index in [1.807, 2.05) is 13.1 Å². The maximum absolute atomic E-state index is 11.8. The molecule has 0 aliphatic carbocycles. The Morgan fingerprint density at radius 3 is 2.85 bits per heavy atom. The number of hydrogen-bond donors (Lipinski definition) is 0. The summed E-state index contributed by atoms with van der Waals surface area (Å²) in [7, 11) is 0. The van der Waals surface area contributed by atoms with Gasteiger partial charge in [0.25, 0.3) is 0 Å². The topological polar surface area (TPSA) is 45.1 Å².